The number of amides is 1. The van der Waals surface area contributed by atoms with Crippen LogP contribution < -0.4 is 10.6 Å². The van der Waals surface area contributed by atoms with E-state index in [1.54, 1.807) is 12.5 Å². The van der Waals surface area contributed by atoms with Crippen molar-refractivity contribution in [1.82, 2.24) is 19.8 Å². The van der Waals surface area contributed by atoms with Crippen LogP contribution in [0, 0.1) is 6.92 Å². The topological polar surface area (TPSA) is 75.3 Å². The summed E-state index contributed by atoms with van der Waals surface area (Å²) in [7, 11) is 0. The Bertz CT molecular complexity index is 1300. The molecule has 5 rings (SSSR count). The molecule has 8 heteroatoms. The Kier molecular flexibility index (Phi) is 6.63. The number of aromatic nitrogens is 2. The highest BCUT2D eigenvalue weighted by atomic mass is 32.1. The van der Waals surface area contributed by atoms with E-state index < -0.39 is 0 Å². The van der Waals surface area contributed by atoms with Crippen LogP contribution in [-0.2, 0) is 11.3 Å². The Morgan fingerprint density at radius 3 is 2.83 bits per heavy atom. The molecule has 7 nitrogen and oxygen atoms in total. The van der Waals surface area contributed by atoms with Crippen LogP contribution in [-0.4, -0.2) is 32.0 Å². The van der Waals surface area contributed by atoms with Gasteiger partial charge in [0.05, 0.1) is 30.6 Å². The predicted octanol–water partition coefficient (Wildman–Crippen LogP) is 4.83. The van der Waals surface area contributed by atoms with Crippen LogP contribution in [0.3, 0.4) is 0 Å². The molecule has 0 bridgehead atoms. The predicted molar refractivity (Wildman–Crippen MR) is 139 cm³/mol. The van der Waals surface area contributed by atoms with Crippen LogP contribution in [0.25, 0.3) is 0 Å². The number of nitrogens with zero attached hydrogens (tertiary/aromatic N) is 3. The Hall–Kier alpha value is -3.91. The van der Waals surface area contributed by atoms with Gasteiger partial charge in [0.2, 0.25) is 5.91 Å². The molecule has 1 amide bonds. The minimum Gasteiger partial charge on any atom is -0.467 e. The lowest BCUT2D eigenvalue weighted by Crippen LogP contribution is -2.33. The number of benzene rings is 1. The van der Waals surface area contributed by atoms with Gasteiger partial charge in [0.25, 0.3) is 0 Å². The Balaban J connectivity index is 1.39. The van der Waals surface area contributed by atoms with E-state index in [0.717, 1.165) is 28.4 Å². The summed E-state index contributed by atoms with van der Waals surface area (Å²) >= 11 is 5.75. The molecule has 2 N–H and O–H groups in total. The van der Waals surface area contributed by atoms with E-state index in [1.165, 1.54) is 0 Å². The van der Waals surface area contributed by atoms with Crippen LogP contribution in [0.2, 0.25) is 0 Å². The van der Waals surface area contributed by atoms with Crippen molar-refractivity contribution in [3.63, 3.8) is 0 Å². The van der Waals surface area contributed by atoms with Crippen LogP contribution in [0.15, 0.2) is 89.8 Å². The molecular formula is C27H27N5O2S. The first-order valence-electron chi connectivity index (χ1n) is 11.6. The summed E-state index contributed by atoms with van der Waals surface area (Å²) in [6.45, 7) is 3.09. The summed E-state index contributed by atoms with van der Waals surface area (Å²) in [5, 5.41) is 7.06. The molecule has 1 saturated heterocycles. The molecule has 0 spiro atoms. The van der Waals surface area contributed by atoms with Crippen molar-refractivity contribution in [2.24, 2.45) is 0 Å². The lowest BCUT2D eigenvalue weighted by Gasteiger charge is -2.28. The molecule has 2 atom stereocenters. The molecule has 4 heterocycles. The Labute approximate surface area is 209 Å². The highest BCUT2D eigenvalue weighted by molar-refractivity contribution is 7.80. The third-order valence-corrected chi connectivity index (χ3v) is 6.51. The summed E-state index contributed by atoms with van der Waals surface area (Å²) in [5.41, 5.74) is 3.87. The van der Waals surface area contributed by atoms with Gasteiger partial charge in [0.1, 0.15) is 5.76 Å². The molecule has 0 unspecified atom stereocenters. The molecule has 1 aliphatic rings. The fourth-order valence-electron chi connectivity index (χ4n) is 4.55. The molecule has 4 aromatic rings. The maximum atomic E-state index is 12.8. The molecule has 0 aliphatic carbocycles. The fourth-order valence-corrected chi connectivity index (χ4v) is 4.88. The van der Waals surface area contributed by atoms with E-state index in [1.807, 2.05) is 73.8 Å². The Morgan fingerprint density at radius 1 is 1.14 bits per heavy atom. The number of nitrogens with one attached hydrogen (secondary N) is 2. The van der Waals surface area contributed by atoms with Gasteiger partial charge in [-0.3, -0.25) is 9.78 Å². The number of anilines is 1. The minimum absolute atomic E-state index is 0.0515. The van der Waals surface area contributed by atoms with Crippen LogP contribution >= 0.6 is 12.2 Å². The van der Waals surface area contributed by atoms with Crippen LogP contribution in [0.1, 0.15) is 41.2 Å². The second kappa shape index (κ2) is 10.1. The lowest BCUT2D eigenvalue weighted by atomic mass is 10.0. The van der Waals surface area contributed by atoms with Crippen molar-refractivity contribution >= 4 is 28.9 Å². The molecule has 0 radical (unpaired) electrons. The summed E-state index contributed by atoms with van der Waals surface area (Å²) in [4.78, 5) is 19.5. The van der Waals surface area contributed by atoms with E-state index in [0.29, 0.717) is 24.6 Å². The molecule has 35 heavy (non-hydrogen) atoms. The fraction of sp³-hybridized carbons (Fsp3) is 0.222. The maximum absolute atomic E-state index is 12.8. The minimum atomic E-state index is -0.145. The molecule has 1 aromatic carbocycles. The summed E-state index contributed by atoms with van der Waals surface area (Å²) < 4.78 is 7.75. The summed E-state index contributed by atoms with van der Waals surface area (Å²) in [6.07, 6.45) is 5.81. The number of thiocarbonyl (C=S) groups is 1. The van der Waals surface area contributed by atoms with Gasteiger partial charge in [0.15, 0.2) is 5.11 Å². The smallest absolute Gasteiger partial charge is 0.226 e. The highest BCUT2D eigenvalue weighted by Gasteiger charge is 2.41. The number of pyridine rings is 1. The van der Waals surface area contributed by atoms with Crippen molar-refractivity contribution in [3.8, 4) is 0 Å². The second-order valence-corrected chi connectivity index (χ2v) is 9.01. The maximum Gasteiger partial charge on any atom is 0.226 e. The van der Waals surface area contributed by atoms with Gasteiger partial charge in [-0.15, -0.1) is 0 Å². The van der Waals surface area contributed by atoms with Crippen molar-refractivity contribution in [1.29, 1.82) is 0 Å². The standard InChI is InChI=1S/C27H27N5O2S/c1-19-7-4-8-20(17-19)29-24(33)12-15-32-26(25(30-27(32)35)22-10-2-3-13-28-22)23-11-5-14-31(23)18-21-9-6-16-34-21/h2-11,13-14,16-17,25-26H,12,15,18H2,1H3,(H,29,33)(H,30,35)/t25-,26+/m0/s1. The van der Waals surface area contributed by atoms with E-state index in [2.05, 4.69) is 31.2 Å². The summed E-state index contributed by atoms with van der Waals surface area (Å²) in [6, 6.07) is 21.4. The Morgan fingerprint density at radius 2 is 2.06 bits per heavy atom. The third-order valence-electron chi connectivity index (χ3n) is 6.15. The number of furan rings is 1. The number of carbonyl (C=O) groups excluding carboxylic acids is 1. The monoisotopic (exact) mass is 485 g/mol. The molecule has 0 saturated carbocycles. The molecule has 1 aliphatic heterocycles. The van der Waals surface area contributed by atoms with Gasteiger partial charge in [-0.25, -0.2) is 0 Å². The van der Waals surface area contributed by atoms with Crippen molar-refractivity contribution in [2.45, 2.75) is 32.0 Å². The van der Waals surface area contributed by atoms with Gasteiger partial charge in [-0.05, 0) is 73.2 Å². The highest BCUT2D eigenvalue weighted by Crippen LogP contribution is 2.39. The molecule has 178 valence electrons. The number of hydrogen-bond donors (Lipinski definition) is 2. The number of rotatable bonds is 8. The van der Waals surface area contributed by atoms with Crippen molar-refractivity contribution < 1.29 is 9.21 Å². The van der Waals surface area contributed by atoms with E-state index in [9.17, 15) is 4.79 Å². The first-order chi connectivity index (χ1) is 17.1. The van der Waals surface area contributed by atoms with E-state index >= 15 is 0 Å². The zero-order chi connectivity index (χ0) is 24.2. The number of hydrogen-bond acceptors (Lipinski definition) is 4. The van der Waals surface area contributed by atoms with Gasteiger partial charge in [-0.1, -0.05) is 18.2 Å². The summed E-state index contributed by atoms with van der Waals surface area (Å²) in [5.74, 6) is 0.818. The van der Waals surface area contributed by atoms with Gasteiger partial charge < -0.3 is 24.5 Å². The van der Waals surface area contributed by atoms with Gasteiger partial charge in [0, 0.05) is 36.7 Å². The quantitative estimate of drug-likeness (QED) is 0.348. The lowest BCUT2D eigenvalue weighted by molar-refractivity contribution is -0.116. The average molecular weight is 486 g/mol. The van der Waals surface area contributed by atoms with Gasteiger partial charge >= 0.3 is 0 Å². The van der Waals surface area contributed by atoms with E-state index in [4.69, 9.17) is 16.6 Å². The molecule has 1 fully saturated rings. The van der Waals surface area contributed by atoms with Crippen molar-refractivity contribution in [3.05, 3.63) is 108 Å². The normalized spacial score (nSPS) is 17.4. The number of aryl methyl sites for hydroxylation is 1. The largest absolute Gasteiger partial charge is 0.467 e. The zero-order valence-electron chi connectivity index (χ0n) is 19.4. The third kappa shape index (κ3) is 5.12. The van der Waals surface area contributed by atoms with Crippen molar-refractivity contribution in [2.75, 3.05) is 11.9 Å². The average Bonchev–Trinajstić information content (AvgIpc) is 3.59. The van der Waals surface area contributed by atoms with Crippen LogP contribution in [0.5, 0.6) is 0 Å². The van der Waals surface area contributed by atoms with Crippen LogP contribution in [0.4, 0.5) is 5.69 Å². The number of carbonyl (C=O) groups is 1. The van der Waals surface area contributed by atoms with Gasteiger partial charge in [-0.2, -0.15) is 0 Å². The first-order valence-corrected chi connectivity index (χ1v) is 12.0. The molecule has 3 aromatic heterocycles. The SMILES string of the molecule is Cc1cccc(NC(=O)CCN2C(=S)N[C@@H](c3ccccn3)[C@H]2c2cccn2Cc2ccco2)c1. The zero-order valence-corrected chi connectivity index (χ0v) is 20.2. The van der Waals surface area contributed by atoms with E-state index in [-0.39, 0.29) is 18.0 Å². The first kappa shape index (κ1) is 22.9. The second-order valence-electron chi connectivity index (χ2n) is 8.63. The molecular weight excluding hydrogens is 458 g/mol.